The van der Waals surface area contributed by atoms with Crippen molar-refractivity contribution in [1.29, 1.82) is 0 Å². The Labute approximate surface area is 210 Å². The predicted molar refractivity (Wildman–Crippen MR) is 141 cm³/mol. The number of amides is 1. The number of thiocarbonyl (C=S) groups is 1. The van der Waals surface area contributed by atoms with Crippen molar-refractivity contribution in [3.8, 4) is 5.75 Å². The lowest BCUT2D eigenvalue weighted by molar-refractivity contribution is -0.113. The molecule has 1 aliphatic rings. The molecule has 1 fully saturated rings. The van der Waals surface area contributed by atoms with Crippen LogP contribution >= 0.6 is 35.6 Å². The maximum Gasteiger partial charge on any atom is 0.270 e. The molecule has 0 saturated carbocycles. The van der Waals surface area contributed by atoms with Gasteiger partial charge in [0.1, 0.15) is 11.6 Å². The van der Waals surface area contributed by atoms with Gasteiger partial charge in [0.25, 0.3) is 5.91 Å². The van der Waals surface area contributed by atoms with Crippen molar-refractivity contribution in [2.24, 2.45) is 0 Å². The number of methoxy groups -OCH3 is 1. The lowest BCUT2D eigenvalue weighted by Crippen LogP contribution is -2.27. The molecule has 0 atom stereocenters. The highest BCUT2D eigenvalue weighted by Gasteiger charge is 2.34. The Balaban J connectivity index is 1.51. The van der Waals surface area contributed by atoms with Crippen LogP contribution in [-0.2, 0) is 11.3 Å². The molecule has 1 saturated heterocycles. The average molecular weight is 509 g/mol. The molecule has 1 aromatic heterocycles. The average Bonchev–Trinajstić information content (AvgIpc) is 3.31. The number of halogens is 2. The van der Waals surface area contributed by atoms with Crippen molar-refractivity contribution in [2.45, 2.75) is 6.54 Å². The van der Waals surface area contributed by atoms with Crippen LogP contribution in [0.2, 0.25) is 5.02 Å². The topological polar surface area (TPSA) is 34.5 Å². The lowest BCUT2D eigenvalue weighted by atomic mass is 10.1. The maximum absolute atomic E-state index is 14.3. The Morgan fingerprint density at radius 1 is 1.12 bits per heavy atom. The molecule has 1 amide bonds. The zero-order valence-electron chi connectivity index (χ0n) is 18.0. The summed E-state index contributed by atoms with van der Waals surface area (Å²) in [4.78, 5) is 15.3. The minimum absolute atomic E-state index is 0.220. The van der Waals surface area contributed by atoms with Gasteiger partial charge in [0.15, 0.2) is 4.32 Å². The summed E-state index contributed by atoms with van der Waals surface area (Å²) in [5.74, 6) is 0.0529. The second-order valence-electron chi connectivity index (χ2n) is 7.66. The van der Waals surface area contributed by atoms with Crippen LogP contribution in [0.15, 0.2) is 77.8 Å². The van der Waals surface area contributed by atoms with E-state index in [9.17, 15) is 9.18 Å². The highest BCUT2D eigenvalue weighted by molar-refractivity contribution is 8.27. The van der Waals surface area contributed by atoms with Gasteiger partial charge in [-0.3, -0.25) is 9.69 Å². The maximum atomic E-state index is 14.3. The first-order chi connectivity index (χ1) is 16.5. The molecule has 2 heterocycles. The number of hydrogen-bond donors (Lipinski definition) is 0. The first-order valence-electron chi connectivity index (χ1n) is 10.4. The Kier molecular flexibility index (Phi) is 6.16. The number of anilines is 1. The number of para-hydroxylation sites is 1. The number of carbonyl (C=O) groups is 1. The largest absolute Gasteiger partial charge is 0.495 e. The van der Waals surface area contributed by atoms with E-state index in [1.807, 2.05) is 47.2 Å². The first-order valence-corrected chi connectivity index (χ1v) is 12.0. The third-order valence-corrected chi connectivity index (χ3v) is 7.19. The smallest absolute Gasteiger partial charge is 0.270 e. The standard InChI is InChI=1S/C26H18ClFN2O2S2/c1-32-23-11-10-18(13-20(23)27)30-25(31)24(34-26(30)33)12-17-15-29(22-9-5-3-7-19(17)22)14-16-6-2-4-8-21(16)28/h2-13,15H,14H2,1H3/b24-12-. The number of thioether (sulfide) groups is 1. The Hall–Kier alpha value is -3.13. The van der Waals surface area contributed by atoms with E-state index in [0.29, 0.717) is 37.8 Å². The van der Waals surface area contributed by atoms with Crippen LogP contribution in [0, 0.1) is 5.82 Å². The molecule has 0 spiro atoms. The third-order valence-electron chi connectivity index (χ3n) is 5.59. The van der Waals surface area contributed by atoms with Crippen molar-refractivity contribution in [1.82, 2.24) is 4.57 Å². The number of aromatic nitrogens is 1. The van der Waals surface area contributed by atoms with E-state index in [2.05, 4.69) is 0 Å². The number of nitrogens with zero attached hydrogens (tertiary/aromatic N) is 2. The molecule has 0 N–H and O–H groups in total. The minimum atomic E-state index is -0.249. The fraction of sp³-hybridized carbons (Fsp3) is 0.0769. The molecule has 3 aromatic carbocycles. The van der Waals surface area contributed by atoms with Crippen LogP contribution in [0.1, 0.15) is 11.1 Å². The summed E-state index contributed by atoms with van der Waals surface area (Å²) in [6.07, 6.45) is 3.78. The number of fused-ring (bicyclic) bond motifs is 1. The zero-order chi connectivity index (χ0) is 23.8. The number of rotatable bonds is 5. The second kappa shape index (κ2) is 9.25. The predicted octanol–water partition coefficient (Wildman–Crippen LogP) is 6.90. The molecule has 170 valence electrons. The fourth-order valence-corrected chi connectivity index (χ4v) is 5.50. The molecule has 34 heavy (non-hydrogen) atoms. The summed E-state index contributed by atoms with van der Waals surface area (Å²) >= 11 is 13.0. The van der Waals surface area contributed by atoms with E-state index >= 15 is 0 Å². The van der Waals surface area contributed by atoms with Gasteiger partial charge in [-0.25, -0.2) is 4.39 Å². The second-order valence-corrected chi connectivity index (χ2v) is 9.74. The van der Waals surface area contributed by atoms with Crippen LogP contribution in [-0.4, -0.2) is 21.9 Å². The molecule has 0 radical (unpaired) electrons. The molecule has 0 bridgehead atoms. The van der Waals surface area contributed by atoms with Crippen LogP contribution in [0.3, 0.4) is 0 Å². The molecule has 4 aromatic rings. The Morgan fingerprint density at radius 3 is 2.65 bits per heavy atom. The summed E-state index contributed by atoms with van der Waals surface area (Å²) in [5, 5.41) is 1.37. The van der Waals surface area contributed by atoms with E-state index in [-0.39, 0.29) is 11.7 Å². The van der Waals surface area contributed by atoms with E-state index in [1.165, 1.54) is 29.8 Å². The van der Waals surface area contributed by atoms with Gasteiger partial charge in [0.2, 0.25) is 0 Å². The Bertz CT molecular complexity index is 1480. The van der Waals surface area contributed by atoms with Gasteiger partial charge < -0.3 is 9.30 Å². The van der Waals surface area contributed by atoms with Crippen molar-refractivity contribution in [3.05, 3.63) is 99.8 Å². The molecule has 1 aliphatic heterocycles. The molecular weight excluding hydrogens is 491 g/mol. The van der Waals surface area contributed by atoms with Crippen LogP contribution in [0.4, 0.5) is 10.1 Å². The summed E-state index contributed by atoms with van der Waals surface area (Å²) < 4.78 is 21.9. The van der Waals surface area contributed by atoms with E-state index < -0.39 is 0 Å². The van der Waals surface area contributed by atoms with Crippen molar-refractivity contribution >= 4 is 68.5 Å². The van der Waals surface area contributed by atoms with Gasteiger partial charge in [0, 0.05) is 28.2 Å². The first kappa shape index (κ1) is 22.7. The van der Waals surface area contributed by atoms with E-state index in [0.717, 1.165) is 16.5 Å². The van der Waals surface area contributed by atoms with Gasteiger partial charge in [-0.15, -0.1) is 0 Å². The van der Waals surface area contributed by atoms with Gasteiger partial charge in [-0.1, -0.05) is 72.0 Å². The molecule has 5 rings (SSSR count). The van der Waals surface area contributed by atoms with Crippen molar-refractivity contribution < 1.29 is 13.9 Å². The van der Waals surface area contributed by atoms with Crippen molar-refractivity contribution in [2.75, 3.05) is 12.0 Å². The van der Waals surface area contributed by atoms with Gasteiger partial charge >= 0.3 is 0 Å². The summed E-state index contributed by atoms with van der Waals surface area (Å²) in [5.41, 5.74) is 2.99. The number of hydrogen-bond acceptors (Lipinski definition) is 4. The highest BCUT2D eigenvalue weighted by Crippen LogP contribution is 2.39. The number of carbonyl (C=O) groups excluding carboxylic acids is 1. The monoisotopic (exact) mass is 508 g/mol. The highest BCUT2D eigenvalue weighted by atomic mass is 35.5. The molecular formula is C26H18ClFN2O2S2. The molecule has 0 aliphatic carbocycles. The van der Waals surface area contributed by atoms with E-state index in [4.69, 9.17) is 28.6 Å². The summed E-state index contributed by atoms with van der Waals surface area (Å²) in [7, 11) is 1.53. The van der Waals surface area contributed by atoms with Crippen LogP contribution in [0.25, 0.3) is 17.0 Å². The normalized spacial score (nSPS) is 15.0. The number of benzene rings is 3. The summed E-state index contributed by atoms with van der Waals surface area (Å²) in [6, 6.07) is 19.7. The molecule has 8 heteroatoms. The third kappa shape index (κ3) is 4.11. The van der Waals surface area contributed by atoms with Crippen LogP contribution < -0.4 is 9.64 Å². The van der Waals surface area contributed by atoms with Crippen molar-refractivity contribution in [3.63, 3.8) is 0 Å². The zero-order valence-corrected chi connectivity index (χ0v) is 20.4. The minimum Gasteiger partial charge on any atom is -0.495 e. The molecule has 0 unspecified atom stereocenters. The lowest BCUT2D eigenvalue weighted by Gasteiger charge is -2.15. The SMILES string of the molecule is COc1ccc(N2C(=O)/C(=C/c3cn(Cc4ccccc4F)c4ccccc34)SC2=S)cc1Cl. The summed E-state index contributed by atoms with van der Waals surface area (Å²) in [6.45, 7) is 0.381. The number of ether oxygens (including phenoxy) is 1. The van der Waals surface area contributed by atoms with E-state index in [1.54, 1.807) is 30.3 Å². The van der Waals surface area contributed by atoms with Gasteiger partial charge in [0.05, 0.1) is 29.3 Å². The van der Waals surface area contributed by atoms with Gasteiger partial charge in [-0.05, 0) is 36.4 Å². The van der Waals surface area contributed by atoms with Crippen LogP contribution in [0.5, 0.6) is 5.75 Å². The Morgan fingerprint density at radius 2 is 1.88 bits per heavy atom. The fourth-order valence-electron chi connectivity index (χ4n) is 3.96. The molecule has 4 nitrogen and oxygen atoms in total. The van der Waals surface area contributed by atoms with Gasteiger partial charge in [-0.2, -0.15) is 0 Å². The quantitative estimate of drug-likeness (QED) is 0.217.